The minimum Gasteiger partial charge on any atom is -0.274 e. The first-order valence-corrected chi connectivity index (χ1v) is 1.22. The van der Waals surface area contributed by atoms with E-state index in [-0.39, 0.29) is 24.5 Å². The van der Waals surface area contributed by atoms with Gasteiger partial charge in [-0.15, -0.1) is 0 Å². The topological polar surface area (TPSA) is 34.1 Å². The zero-order valence-electron chi connectivity index (χ0n) is 1.62. The van der Waals surface area contributed by atoms with Gasteiger partial charge in [-0.05, 0) is 0 Å². The Morgan fingerprint density at radius 1 is 1.20 bits per heavy atom. The summed E-state index contributed by atoms with van der Waals surface area (Å²) in [5.74, 6) is 0. The van der Waals surface area contributed by atoms with Gasteiger partial charge in [-0.25, -0.2) is 0 Å². The Labute approximate surface area is 43.4 Å². The normalized spacial score (nSPS) is 1.60. The molecule has 0 aromatic carbocycles. The van der Waals surface area contributed by atoms with Gasteiger partial charge in [-0.1, -0.05) is 7.43 Å². The van der Waals surface area contributed by atoms with Crippen LogP contribution in [0.15, 0.2) is 0 Å². The van der Waals surface area contributed by atoms with E-state index in [1.165, 1.54) is 0 Å². The summed E-state index contributed by atoms with van der Waals surface area (Å²) < 4.78 is 16.8. The van der Waals surface area contributed by atoms with Crippen LogP contribution in [0.25, 0.3) is 0 Å². The van der Waals surface area contributed by atoms with Gasteiger partial charge in [0.05, 0.1) is 0 Å². The minimum atomic E-state index is -1.42. The van der Waals surface area contributed by atoms with Crippen molar-refractivity contribution in [2.24, 2.45) is 0 Å². The summed E-state index contributed by atoms with van der Waals surface area (Å²) in [5, 5.41) is 0. The molecule has 0 unspecified atom stereocenters. The van der Waals surface area contributed by atoms with E-state index >= 15 is 0 Å². The molecule has 0 saturated carbocycles. The number of hydrogen-bond donors (Lipinski definition) is 0. The Hall–Kier alpha value is 0.336. The van der Waals surface area contributed by atoms with E-state index in [0.717, 1.165) is 0 Å². The molecule has 0 saturated heterocycles. The Balaban J connectivity index is -0.0000000200. The van der Waals surface area contributed by atoms with E-state index in [1.54, 1.807) is 0 Å². The molecule has 0 amide bonds. The van der Waals surface area contributed by atoms with Gasteiger partial charge in [-0.3, -0.25) is 8.92 Å². The molecule has 0 heterocycles. The van der Waals surface area contributed by atoms with Crippen LogP contribution in [0.3, 0.4) is 0 Å². The summed E-state index contributed by atoms with van der Waals surface area (Å²) in [6, 6.07) is 0. The molecule has 0 aromatic rings. The maximum absolute atomic E-state index is 8.40. The molecular weight excluding hydrogens is 136 g/mol. The summed E-state index contributed by atoms with van der Waals surface area (Å²) >= 11 is 0. The fourth-order valence-corrected chi connectivity index (χ4v) is 0. The van der Waals surface area contributed by atoms with Crippen LogP contribution in [0.4, 0.5) is 0 Å². The first-order chi connectivity index (χ1) is 1.41. The predicted octanol–water partition coefficient (Wildman–Crippen LogP) is 0.0152. The second-order valence-electron chi connectivity index (χ2n) is 0.0833. The molecule has 0 rings (SSSR count). The van der Waals surface area contributed by atoms with Crippen molar-refractivity contribution in [2.75, 3.05) is 0 Å². The van der Waals surface area contributed by atoms with Gasteiger partial charge in [-0.2, -0.15) is 0 Å². The molecule has 0 bridgehead atoms. The van der Waals surface area contributed by atoms with Crippen LogP contribution in [0, 0.1) is 0 Å². The van der Waals surface area contributed by atoms with Gasteiger partial charge >= 0.3 is 9.29 Å². The fourth-order valence-electron chi connectivity index (χ4n) is 0. The van der Waals surface area contributed by atoms with Crippen molar-refractivity contribution in [3.8, 4) is 0 Å². The van der Waals surface area contributed by atoms with Crippen LogP contribution in [0.2, 0.25) is 0 Å². The molecule has 35 valence electrons. The molecule has 0 atom stereocenters. The van der Waals surface area contributed by atoms with E-state index in [2.05, 4.69) is 0 Å². The quantitative estimate of drug-likeness (QED) is 0.444. The molecule has 4 heteroatoms. The Kier molecular flexibility index (Phi) is 99.4. The summed E-state index contributed by atoms with van der Waals surface area (Å²) in [7, 11) is -1.42. The minimum absolute atomic E-state index is 0. The average Bonchev–Trinajstić information content (AvgIpc) is 0.918. The molecule has 0 aromatic heterocycles. The van der Waals surface area contributed by atoms with Gasteiger partial charge in [0.15, 0.2) is 0 Å². The van der Waals surface area contributed by atoms with Crippen LogP contribution in [0.5, 0.6) is 0 Å². The summed E-state index contributed by atoms with van der Waals surface area (Å²) in [6.45, 7) is 0. The zero-order valence-corrected chi connectivity index (χ0v) is 3.56. The number of rotatable bonds is 0. The van der Waals surface area contributed by atoms with Crippen molar-refractivity contribution in [3.05, 3.63) is 0 Å². The Morgan fingerprint density at radius 2 is 1.20 bits per heavy atom. The third kappa shape index (κ3) is 209. The first-order valence-electron chi connectivity index (χ1n) is 0.408. The van der Waals surface area contributed by atoms with E-state index in [1.807, 2.05) is 0 Å². The number of hydrogen-bond acceptors (Lipinski definition) is 2. The standard InChI is InChI=1S/CH4.Cu.O2Si/c;;1-3-2/h1H4;;. The second-order valence-corrected chi connectivity index (χ2v) is 0.250. The summed E-state index contributed by atoms with van der Waals surface area (Å²) in [6.07, 6.45) is 0. The predicted molar refractivity (Wildman–Crippen MR) is 13.9 cm³/mol. The molecule has 0 spiro atoms. The van der Waals surface area contributed by atoms with Crippen LogP contribution in [0.1, 0.15) is 7.43 Å². The van der Waals surface area contributed by atoms with E-state index in [4.69, 9.17) is 8.92 Å². The van der Waals surface area contributed by atoms with E-state index in [9.17, 15) is 0 Å². The molecule has 0 aliphatic rings. The van der Waals surface area contributed by atoms with E-state index < -0.39 is 9.29 Å². The summed E-state index contributed by atoms with van der Waals surface area (Å²) in [4.78, 5) is 0. The van der Waals surface area contributed by atoms with Crippen LogP contribution in [-0.2, 0) is 26.0 Å². The molecule has 0 fully saturated rings. The van der Waals surface area contributed by atoms with Gasteiger partial charge in [0, 0.05) is 17.1 Å². The third-order valence-electron chi connectivity index (χ3n) is 0. The van der Waals surface area contributed by atoms with Crippen molar-refractivity contribution < 1.29 is 26.0 Å². The first kappa shape index (κ1) is 18.4. The molecule has 1 radical (unpaired) electrons. The van der Waals surface area contributed by atoms with Crippen molar-refractivity contribution in [2.45, 2.75) is 7.43 Å². The fraction of sp³-hybridized carbons (Fsp3) is 1.00. The molecule has 2 nitrogen and oxygen atoms in total. The molecule has 0 N–H and O–H groups in total. The summed E-state index contributed by atoms with van der Waals surface area (Å²) in [5.41, 5.74) is 0. The third-order valence-corrected chi connectivity index (χ3v) is 0. The van der Waals surface area contributed by atoms with Gasteiger partial charge in [0.25, 0.3) is 0 Å². The maximum atomic E-state index is 8.40. The van der Waals surface area contributed by atoms with Crippen molar-refractivity contribution in [1.82, 2.24) is 0 Å². The van der Waals surface area contributed by atoms with Crippen molar-refractivity contribution in [1.29, 1.82) is 0 Å². The molecule has 0 aliphatic carbocycles. The van der Waals surface area contributed by atoms with Crippen LogP contribution in [-0.4, -0.2) is 9.29 Å². The average molecular weight is 140 g/mol. The van der Waals surface area contributed by atoms with Crippen molar-refractivity contribution in [3.63, 3.8) is 0 Å². The van der Waals surface area contributed by atoms with Gasteiger partial charge < -0.3 is 0 Å². The monoisotopic (exact) mass is 139 g/mol. The van der Waals surface area contributed by atoms with Gasteiger partial charge in [0.1, 0.15) is 0 Å². The zero-order chi connectivity index (χ0) is 2.71. The maximum Gasteiger partial charge on any atom is 0.549 e. The smallest absolute Gasteiger partial charge is 0.274 e. The largest absolute Gasteiger partial charge is 0.549 e. The SMILES string of the molecule is C.O=[Si]=O.[Cu]. The molecule has 5 heavy (non-hydrogen) atoms. The molecule has 0 aliphatic heterocycles. The van der Waals surface area contributed by atoms with E-state index in [0.29, 0.717) is 0 Å². The van der Waals surface area contributed by atoms with Gasteiger partial charge in [0.2, 0.25) is 0 Å². The van der Waals surface area contributed by atoms with Crippen molar-refractivity contribution >= 4 is 9.29 Å². The molecular formula is CH4CuO2Si. The van der Waals surface area contributed by atoms with Crippen LogP contribution < -0.4 is 0 Å². The van der Waals surface area contributed by atoms with Crippen LogP contribution >= 0.6 is 0 Å². The Morgan fingerprint density at radius 3 is 1.20 bits per heavy atom. The Bertz CT molecular complexity index is 30.6. The second kappa shape index (κ2) is 27.0.